The minimum absolute atomic E-state index is 0.249. The molecule has 2 aliphatic rings. The molecular formula is C25H35N3O. The second-order valence-electron chi connectivity index (χ2n) is 8.85. The summed E-state index contributed by atoms with van der Waals surface area (Å²) in [4.78, 5) is 7.42. The lowest BCUT2D eigenvalue weighted by atomic mass is 9.88. The molecule has 0 radical (unpaired) electrons. The highest BCUT2D eigenvalue weighted by atomic mass is 16.5. The third kappa shape index (κ3) is 4.81. The summed E-state index contributed by atoms with van der Waals surface area (Å²) in [6, 6.07) is 8.43. The van der Waals surface area contributed by atoms with Crippen molar-refractivity contribution in [2.45, 2.75) is 51.7 Å². The Hall–Kier alpha value is -1.91. The van der Waals surface area contributed by atoms with Gasteiger partial charge >= 0.3 is 0 Å². The molecule has 156 valence electrons. The third-order valence-corrected chi connectivity index (χ3v) is 6.80. The van der Waals surface area contributed by atoms with E-state index in [0.29, 0.717) is 5.92 Å². The van der Waals surface area contributed by atoms with Crippen LogP contribution < -0.4 is 0 Å². The number of allylic oxidation sites excluding steroid dienone is 2. The Morgan fingerprint density at radius 1 is 1.17 bits per heavy atom. The molecule has 4 heteroatoms. The number of benzene rings is 1. The van der Waals surface area contributed by atoms with E-state index in [2.05, 4.69) is 65.9 Å². The zero-order valence-electron chi connectivity index (χ0n) is 18.2. The van der Waals surface area contributed by atoms with Crippen LogP contribution in [0, 0.1) is 11.8 Å². The average Bonchev–Trinajstić information content (AvgIpc) is 3.05. The summed E-state index contributed by atoms with van der Waals surface area (Å²) in [6.07, 6.45) is 13.6. The number of likely N-dealkylation sites (tertiary alicyclic amines) is 1. The van der Waals surface area contributed by atoms with Gasteiger partial charge in [0.15, 0.2) is 0 Å². The van der Waals surface area contributed by atoms with Crippen LogP contribution in [0.1, 0.15) is 44.9 Å². The summed E-state index contributed by atoms with van der Waals surface area (Å²) < 4.78 is 7.74. The predicted molar refractivity (Wildman–Crippen MR) is 120 cm³/mol. The Morgan fingerprint density at radius 3 is 2.69 bits per heavy atom. The first-order chi connectivity index (χ1) is 14.1. The van der Waals surface area contributed by atoms with E-state index in [0.717, 1.165) is 18.0 Å². The number of piperidine rings is 1. The quantitative estimate of drug-likeness (QED) is 0.655. The van der Waals surface area contributed by atoms with Gasteiger partial charge in [0.1, 0.15) is 5.82 Å². The fraction of sp³-hybridized carbons (Fsp3) is 0.560. The van der Waals surface area contributed by atoms with Crippen LogP contribution in [0.15, 0.2) is 48.1 Å². The number of imidazole rings is 1. The fourth-order valence-corrected chi connectivity index (χ4v) is 4.91. The van der Waals surface area contributed by atoms with Crippen LogP contribution in [0.4, 0.5) is 0 Å². The summed E-state index contributed by atoms with van der Waals surface area (Å²) in [5.41, 5.74) is 3.83. The van der Waals surface area contributed by atoms with Crippen molar-refractivity contribution in [3.8, 4) is 0 Å². The first kappa shape index (κ1) is 20.4. The Labute approximate surface area is 175 Å². The van der Waals surface area contributed by atoms with Gasteiger partial charge in [-0.25, -0.2) is 4.98 Å². The highest BCUT2D eigenvalue weighted by Crippen LogP contribution is 2.27. The monoisotopic (exact) mass is 393 g/mol. The molecule has 0 N–H and O–H groups in total. The van der Waals surface area contributed by atoms with Crippen molar-refractivity contribution in [1.29, 1.82) is 0 Å². The molecule has 2 atom stereocenters. The van der Waals surface area contributed by atoms with Crippen molar-refractivity contribution in [2.75, 3.05) is 20.2 Å². The van der Waals surface area contributed by atoms with Gasteiger partial charge in [0.05, 0.1) is 23.7 Å². The maximum absolute atomic E-state index is 5.49. The summed E-state index contributed by atoms with van der Waals surface area (Å²) in [5, 5.41) is 0. The number of aromatic nitrogens is 2. The molecule has 0 saturated carbocycles. The largest absolute Gasteiger partial charge is 0.377 e. The SMILES string of the molecule is COC1C=CC(CCCC2CCN(Cc3nc4ccccc4n3C)CC2)=CC1C. The minimum Gasteiger partial charge on any atom is -0.377 e. The van der Waals surface area contributed by atoms with Crippen LogP contribution in [0.2, 0.25) is 0 Å². The molecule has 1 aromatic heterocycles. The summed E-state index contributed by atoms with van der Waals surface area (Å²) in [6.45, 7) is 5.61. The Balaban J connectivity index is 1.21. The number of rotatable bonds is 7. The van der Waals surface area contributed by atoms with E-state index in [-0.39, 0.29) is 6.10 Å². The Kier molecular flexibility index (Phi) is 6.51. The van der Waals surface area contributed by atoms with Gasteiger partial charge < -0.3 is 9.30 Å². The van der Waals surface area contributed by atoms with Crippen LogP contribution in [0.25, 0.3) is 11.0 Å². The van der Waals surface area contributed by atoms with Gasteiger partial charge in [-0.2, -0.15) is 0 Å². The van der Waals surface area contributed by atoms with Gasteiger partial charge in [-0.3, -0.25) is 4.90 Å². The molecule has 29 heavy (non-hydrogen) atoms. The van der Waals surface area contributed by atoms with Gasteiger partial charge in [-0.05, 0) is 56.8 Å². The Morgan fingerprint density at radius 2 is 1.97 bits per heavy atom. The lowest BCUT2D eigenvalue weighted by molar-refractivity contribution is 0.111. The number of methoxy groups -OCH3 is 1. The molecule has 2 unspecified atom stereocenters. The van der Waals surface area contributed by atoms with E-state index in [9.17, 15) is 0 Å². The highest BCUT2D eigenvalue weighted by Gasteiger charge is 2.21. The maximum Gasteiger partial charge on any atom is 0.123 e. The topological polar surface area (TPSA) is 30.3 Å². The average molecular weight is 394 g/mol. The maximum atomic E-state index is 5.49. The first-order valence-electron chi connectivity index (χ1n) is 11.2. The number of ether oxygens (including phenoxy) is 1. The molecule has 1 aromatic carbocycles. The summed E-state index contributed by atoms with van der Waals surface area (Å²) in [7, 11) is 3.94. The van der Waals surface area contributed by atoms with Gasteiger partial charge in [-0.15, -0.1) is 0 Å². The number of aryl methyl sites for hydroxylation is 1. The molecule has 1 fully saturated rings. The van der Waals surface area contributed by atoms with Gasteiger partial charge in [-0.1, -0.05) is 49.3 Å². The van der Waals surface area contributed by atoms with E-state index >= 15 is 0 Å². The van der Waals surface area contributed by atoms with Gasteiger partial charge in [0.2, 0.25) is 0 Å². The van der Waals surface area contributed by atoms with Gasteiger partial charge in [0.25, 0.3) is 0 Å². The van der Waals surface area contributed by atoms with Crippen LogP contribution in [-0.2, 0) is 18.3 Å². The summed E-state index contributed by atoms with van der Waals surface area (Å²) in [5.74, 6) is 2.55. The van der Waals surface area contributed by atoms with Crippen molar-refractivity contribution in [3.05, 3.63) is 53.9 Å². The van der Waals surface area contributed by atoms with Crippen LogP contribution in [-0.4, -0.2) is 40.8 Å². The zero-order chi connectivity index (χ0) is 20.2. The second kappa shape index (κ2) is 9.27. The second-order valence-corrected chi connectivity index (χ2v) is 8.85. The lowest BCUT2D eigenvalue weighted by Gasteiger charge is -2.31. The standard InChI is InChI=1S/C25H35N3O/c1-19-17-21(11-12-24(19)29-3)8-6-7-20-13-15-28(16-14-20)18-25-26-22-9-4-5-10-23(22)27(25)2/h4-5,9-12,17,19-20,24H,6-8,13-16,18H2,1-3H3. The van der Waals surface area contributed by atoms with Crippen molar-refractivity contribution in [1.82, 2.24) is 14.5 Å². The van der Waals surface area contributed by atoms with Crippen molar-refractivity contribution < 1.29 is 4.74 Å². The van der Waals surface area contributed by atoms with Crippen LogP contribution >= 0.6 is 0 Å². The molecule has 0 amide bonds. The molecule has 0 spiro atoms. The molecule has 1 aliphatic heterocycles. The molecule has 2 heterocycles. The normalized spacial score (nSPS) is 23.6. The van der Waals surface area contributed by atoms with Crippen LogP contribution in [0.3, 0.4) is 0 Å². The van der Waals surface area contributed by atoms with Gasteiger partial charge in [0, 0.05) is 20.1 Å². The van der Waals surface area contributed by atoms with Crippen molar-refractivity contribution in [2.24, 2.45) is 18.9 Å². The lowest BCUT2D eigenvalue weighted by Crippen LogP contribution is -2.34. The molecule has 1 aliphatic carbocycles. The third-order valence-electron chi connectivity index (χ3n) is 6.80. The van der Waals surface area contributed by atoms with E-state index < -0.39 is 0 Å². The first-order valence-corrected chi connectivity index (χ1v) is 11.2. The molecule has 0 bridgehead atoms. The smallest absolute Gasteiger partial charge is 0.123 e. The predicted octanol–water partition coefficient (Wildman–Crippen LogP) is 5.10. The minimum atomic E-state index is 0.249. The molecule has 1 saturated heterocycles. The van der Waals surface area contributed by atoms with Crippen LogP contribution in [0.5, 0.6) is 0 Å². The van der Waals surface area contributed by atoms with Crippen molar-refractivity contribution >= 4 is 11.0 Å². The fourth-order valence-electron chi connectivity index (χ4n) is 4.91. The number of hydrogen-bond donors (Lipinski definition) is 0. The van der Waals surface area contributed by atoms with E-state index in [1.165, 1.54) is 62.1 Å². The van der Waals surface area contributed by atoms with E-state index in [1.807, 2.05) is 0 Å². The highest BCUT2D eigenvalue weighted by molar-refractivity contribution is 5.75. The molecular weight excluding hydrogens is 358 g/mol. The van der Waals surface area contributed by atoms with E-state index in [1.54, 1.807) is 7.11 Å². The summed E-state index contributed by atoms with van der Waals surface area (Å²) >= 11 is 0. The Bertz CT molecular complexity index is 873. The number of hydrogen-bond acceptors (Lipinski definition) is 3. The van der Waals surface area contributed by atoms with Crippen molar-refractivity contribution in [3.63, 3.8) is 0 Å². The molecule has 4 nitrogen and oxygen atoms in total. The van der Waals surface area contributed by atoms with E-state index in [4.69, 9.17) is 9.72 Å². The number of fused-ring (bicyclic) bond motifs is 1. The number of nitrogens with zero attached hydrogens (tertiary/aromatic N) is 3. The molecule has 4 rings (SSSR count). The zero-order valence-corrected chi connectivity index (χ0v) is 18.2. The number of para-hydroxylation sites is 2. The molecule has 2 aromatic rings.